The van der Waals surface area contributed by atoms with Crippen LogP contribution in [0.2, 0.25) is 0 Å². The average Bonchev–Trinajstić information content (AvgIpc) is 3.48. The smallest absolute Gasteiger partial charge is 0.416 e. The molecule has 0 atom stereocenters. The van der Waals surface area contributed by atoms with Crippen molar-refractivity contribution >= 4 is 21.6 Å². The number of fused-ring (bicyclic) bond motifs is 1. The van der Waals surface area contributed by atoms with Crippen LogP contribution in [0, 0.1) is 0 Å². The summed E-state index contributed by atoms with van der Waals surface area (Å²) in [6.07, 6.45) is -3.03. The van der Waals surface area contributed by atoms with Crippen molar-refractivity contribution in [2.75, 3.05) is 7.11 Å². The van der Waals surface area contributed by atoms with E-state index in [1.807, 2.05) is 30.3 Å². The summed E-state index contributed by atoms with van der Waals surface area (Å²) < 4.78 is 50.5. The Balaban J connectivity index is 1.39. The molecule has 3 aromatic heterocycles. The Kier molecular flexibility index (Phi) is 5.40. The zero-order chi connectivity index (χ0) is 23.9. The lowest BCUT2D eigenvalue weighted by Gasteiger charge is -2.05. The van der Waals surface area contributed by atoms with E-state index in [2.05, 4.69) is 15.1 Å². The van der Waals surface area contributed by atoms with Crippen molar-refractivity contribution in [2.45, 2.75) is 12.7 Å². The van der Waals surface area contributed by atoms with Crippen LogP contribution in [0.1, 0.15) is 11.5 Å². The van der Waals surface area contributed by atoms with E-state index in [9.17, 15) is 18.0 Å². The van der Waals surface area contributed by atoms with Crippen molar-refractivity contribution < 1.29 is 22.4 Å². The van der Waals surface area contributed by atoms with Gasteiger partial charge in [-0.1, -0.05) is 17.3 Å². The van der Waals surface area contributed by atoms with Gasteiger partial charge in [-0.25, -0.2) is 4.98 Å². The second-order valence-electron chi connectivity index (χ2n) is 7.32. The number of ether oxygens (including phenoxy) is 1. The SMILES string of the molecule is COc1ccc(-c2cc3ncn(Cc4nc(-c5ccc(C(F)(F)F)cc5)no4)c(=O)c3s2)cc1. The van der Waals surface area contributed by atoms with Gasteiger partial charge in [0.1, 0.15) is 17.0 Å². The number of nitrogens with zero attached hydrogens (tertiary/aromatic N) is 4. The number of methoxy groups -OCH3 is 1. The van der Waals surface area contributed by atoms with Gasteiger partial charge in [0.15, 0.2) is 0 Å². The fourth-order valence-electron chi connectivity index (χ4n) is 3.35. The van der Waals surface area contributed by atoms with E-state index < -0.39 is 11.7 Å². The average molecular weight is 484 g/mol. The summed E-state index contributed by atoms with van der Waals surface area (Å²) in [5, 5.41) is 3.81. The van der Waals surface area contributed by atoms with Gasteiger partial charge in [0.05, 0.1) is 24.5 Å². The quantitative estimate of drug-likeness (QED) is 0.339. The highest BCUT2D eigenvalue weighted by Gasteiger charge is 2.30. The Morgan fingerprint density at radius 3 is 2.44 bits per heavy atom. The zero-order valence-electron chi connectivity index (χ0n) is 17.5. The number of benzene rings is 2. The van der Waals surface area contributed by atoms with Crippen LogP contribution in [0.25, 0.3) is 32.0 Å². The molecule has 0 saturated heterocycles. The second kappa shape index (κ2) is 8.41. The van der Waals surface area contributed by atoms with Crippen LogP contribution < -0.4 is 10.3 Å². The molecule has 0 radical (unpaired) electrons. The van der Waals surface area contributed by atoms with Crippen molar-refractivity contribution in [3.8, 4) is 27.6 Å². The van der Waals surface area contributed by atoms with E-state index in [0.717, 1.165) is 28.3 Å². The molecule has 0 aliphatic heterocycles. The molecule has 0 saturated carbocycles. The Morgan fingerprint density at radius 1 is 1.06 bits per heavy atom. The van der Waals surface area contributed by atoms with Crippen LogP contribution in [0.3, 0.4) is 0 Å². The lowest BCUT2D eigenvalue weighted by molar-refractivity contribution is -0.137. The molecule has 0 amide bonds. The molecule has 0 aliphatic carbocycles. The third-order valence-electron chi connectivity index (χ3n) is 5.12. The Bertz CT molecular complexity index is 1520. The molecule has 0 unspecified atom stereocenters. The topological polar surface area (TPSA) is 83.0 Å². The molecule has 172 valence electrons. The fourth-order valence-corrected chi connectivity index (χ4v) is 4.41. The summed E-state index contributed by atoms with van der Waals surface area (Å²) in [5.41, 5.74) is 0.854. The van der Waals surface area contributed by atoms with Crippen LogP contribution in [0.4, 0.5) is 13.2 Å². The first-order valence-electron chi connectivity index (χ1n) is 9.95. The number of hydrogen-bond acceptors (Lipinski definition) is 7. The molecule has 2 aromatic carbocycles. The highest BCUT2D eigenvalue weighted by Crippen LogP contribution is 2.32. The first-order valence-corrected chi connectivity index (χ1v) is 10.8. The first kappa shape index (κ1) is 21.8. The second-order valence-corrected chi connectivity index (χ2v) is 8.37. The Hall–Kier alpha value is -3.99. The normalized spacial score (nSPS) is 11.8. The van der Waals surface area contributed by atoms with Crippen LogP contribution in [-0.4, -0.2) is 26.8 Å². The van der Waals surface area contributed by atoms with E-state index >= 15 is 0 Å². The summed E-state index contributed by atoms with van der Waals surface area (Å²) in [4.78, 5) is 22.5. The maximum Gasteiger partial charge on any atom is 0.416 e. The third kappa shape index (κ3) is 4.17. The molecule has 0 bridgehead atoms. The molecule has 7 nitrogen and oxygen atoms in total. The maximum absolute atomic E-state index is 13.0. The number of rotatable bonds is 5. The predicted molar refractivity (Wildman–Crippen MR) is 120 cm³/mol. The molecule has 0 fully saturated rings. The van der Waals surface area contributed by atoms with Crippen LogP contribution in [0.5, 0.6) is 5.75 Å². The van der Waals surface area contributed by atoms with E-state index in [1.165, 1.54) is 34.4 Å². The summed E-state index contributed by atoms with van der Waals surface area (Å²) in [6.45, 7) is -0.0226. The summed E-state index contributed by atoms with van der Waals surface area (Å²) in [6, 6.07) is 13.8. The van der Waals surface area contributed by atoms with Gasteiger partial charge in [0.2, 0.25) is 11.7 Å². The highest BCUT2D eigenvalue weighted by atomic mass is 32.1. The van der Waals surface area contributed by atoms with Crippen LogP contribution >= 0.6 is 11.3 Å². The zero-order valence-corrected chi connectivity index (χ0v) is 18.4. The van der Waals surface area contributed by atoms with Crippen LogP contribution in [-0.2, 0) is 12.7 Å². The minimum atomic E-state index is -4.43. The van der Waals surface area contributed by atoms with Crippen molar-refractivity contribution in [3.05, 3.63) is 82.7 Å². The number of hydrogen-bond donors (Lipinski definition) is 0. The molecule has 0 spiro atoms. The maximum atomic E-state index is 13.0. The molecular weight excluding hydrogens is 469 g/mol. The van der Waals surface area contributed by atoms with Gasteiger partial charge in [-0.05, 0) is 48.0 Å². The van der Waals surface area contributed by atoms with Crippen LogP contribution in [0.15, 0.2) is 70.2 Å². The number of halogens is 3. The van der Waals surface area contributed by atoms with Gasteiger partial charge in [-0.15, -0.1) is 11.3 Å². The Labute approximate surface area is 194 Å². The fraction of sp³-hybridized carbons (Fsp3) is 0.130. The number of alkyl halides is 3. The van der Waals surface area contributed by atoms with Crippen molar-refractivity contribution in [3.63, 3.8) is 0 Å². The van der Waals surface area contributed by atoms with Gasteiger partial charge in [0.25, 0.3) is 5.56 Å². The van der Waals surface area contributed by atoms with Crippen molar-refractivity contribution in [2.24, 2.45) is 0 Å². The molecule has 5 aromatic rings. The lowest BCUT2D eigenvalue weighted by atomic mass is 10.1. The molecular formula is C23H15F3N4O3S. The first-order chi connectivity index (χ1) is 16.3. The molecule has 5 rings (SSSR count). The largest absolute Gasteiger partial charge is 0.497 e. The van der Waals surface area contributed by atoms with E-state index in [-0.39, 0.29) is 23.8 Å². The van der Waals surface area contributed by atoms with E-state index in [1.54, 1.807) is 7.11 Å². The van der Waals surface area contributed by atoms with E-state index in [0.29, 0.717) is 15.8 Å². The van der Waals surface area contributed by atoms with Crippen molar-refractivity contribution in [1.29, 1.82) is 0 Å². The standard InChI is InChI=1S/C23H15F3N4O3S/c1-32-16-8-4-13(5-9-16)18-10-17-20(34-18)22(31)30(12-27-17)11-19-28-21(29-33-19)14-2-6-15(7-3-14)23(24,25)26/h2-10,12H,11H2,1H3. The summed E-state index contributed by atoms with van der Waals surface area (Å²) in [7, 11) is 1.59. The summed E-state index contributed by atoms with van der Waals surface area (Å²) >= 11 is 1.33. The van der Waals surface area contributed by atoms with Gasteiger partial charge in [0, 0.05) is 10.4 Å². The molecule has 3 heterocycles. The molecule has 0 N–H and O–H groups in total. The predicted octanol–water partition coefficient (Wildman–Crippen LogP) is 5.25. The van der Waals surface area contributed by atoms with Gasteiger partial charge < -0.3 is 9.26 Å². The van der Waals surface area contributed by atoms with Crippen molar-refractivity contribution in [1.82, 2.24) is 19.7 Å². The van der Waals surface area contributed by atoms with Gasteiger partial charge in [-0.2, -0.15) is 18.2 Å². The minimum absolute atomic E-state index is 0.0226. The molecule has 11 heteroatoms. The lowest BCUT2D eigenvalue weighted by Crippen LogP contribution is -2.20. The number of thiophene rings is 1. The Morgan fingerprint density at radius 2 is 1.76 bits per heavy atom. The highest BCUT2D eigenvalue weighted by molar-refractivity contribution is 7.22. The number of aromatic nitrogens is 4. The van der Waals surface area contributed by atoms with Gasteiger partial charge in [-0.3, -0.25) is 9.36 Å². The molecule has 0 aliphatic rings. The third-order valence-corrected chi connectivity index (χ3v) is 6.28. The van der Waals surface area contributed by atoms with Gasteiger partial charge >= 0.3 is 6.18 Å². The monoisotopic (exact) mass is 484 g/mol. The summed E-state index contributed by atoms with van der Waals surface area (Å²) in [5.74, 6) is 0.995. The molecule has 34 heavy (non-hydrogen) atoms. The van der Waals surface area contributed by atoms with E-state index in [4.69, 9.17) is 9.26 Å². The minimum Gasteiger partial charge on any atom is -0.497 e.